The minimum atomic E-state index is -3.02. The first-order valence-electron chi connectivity index (χ1n) is 4.65. The summed E-state index contributed by atoms with van der Waals surface area (Å²) in [5.41, 5.74) is 0. The molecule has 1 aliphatic rings. The van der Waals surface area contributed by atoms with Gasteiger partial charge in [0, 0.05) is 11.9 Å². The second-order valence-electron chi connectivity index (χ2n) is 3.53. The Bertz CT molecular complexity index is 253. The maximum Gasteiger partial charge on any atom is 0.211 e. The molecule has 2 unspecified atom stereocenters. The Morgan fingerprint density at radius 2 is 2.15 bits per heavy atom. The lowest BCUT2D eigenvalue weighted by molar-refractivity contribution is 0.520. The van der Waals surface area contributed by atoms with E-state index in [-0.39, 0.29) is 11.1 Å². The van der Waals surface area contributed by atoms with Crippen LogP contribution in [0.15, 0.2) is 0 Å². The molecule has 0 amide bonds. The summed E-state index contributed by atoms with van der Waals surface area (Å²) in [6, 6.07) is 0. The summed E-state index contributed by atoms with van der Waals surface area (Å²) in [5, 5.41) is 0.246. The molecule has 3 nitrogen and oxygen atoms in total. The van der Waals surface area contributed by atoms with Crippen LogP contribution < -0.4 is 4.72 Å². The lowest BCUT2D eigenvalue weighted by atomic mass is 10.1. The number of rotatable bonds is 4. The second kappa shape index (κ2) is 4.62. The Kier molecular flexibility index (Phi) is 4.01. The molecule has 0 radical (unpaired) electrons. The number of halogens is 1. The Morgan fingerprint density at radius 3 is 2.62 bits per heavy atom. The van der Waals surface area contributed by atoms with Gasteiger partial charge in [-0.05, 0) is 32.1 Å². The van der Waals surface area contributed by atoms with Crippen LogP contribution in [-0.2, 0) is 10.0 Å². The molecule has 1 fully saturated rings. The molecule has 13 heavy (non-hydrogen) atoms. The first-order valence-corrected chi connectivity index (χ1v) is 6.73. The van der Waals surface area contributed by atoms with Crippen molar-refractivity contribution in [1.82, 2.24) is 4.72 Å². The summed E-state index contributed by atoms with van der Waals surface area (Å²) in [5.74, 6) is 0.591. The lowest BCUT2D eigenvalue weighted by Gasteiger charge is -2.09. The van der Waals surface area contributed by atoms with E-state index in [0.717, 1.165) is 19.3 Å². The molecule has 0 heterocycles. The van der Waals surface area contributed by atoms with Gasteiger partial charge in [-0.2, -0.15) is 0 Å². The molecule has 1 rings (SSSR count). The summed E-state index contributed by atoms with van der Waals surface area (Å²) in [4.78, 5) is 0. The molecule has 0 aromatic rings. The summed E-state index contributed by atoms with van der Waals surface area (Å²) in [6.45, 7) is 2.20. The minimum absolute atomic E-state index is 0.157. The van der Waals surface area contributed by atoms with E-state index in [2.05, 4.69) is 4.72 Å². The van der Waals surface area contributed by atoms with Gasteiger partial charge in [-0.3, -0.25) is 0 Å². The van der Waals surface area contributed by atoms with Gasteiger partial charge >= 0.3 is 0 Å². The standard InChI is InChI=1S/C8H16ClNO2S/c1-2-13(11,12)10-6-7-3-4-8(9)5-7/h7-8,10H,2-6H2,1H3. The maximum atomic E-state index is 11.1. The number of hydrogen-bond donors (Lipinski definition) is 1. The van der Waals surface area contributed by atoms with Crippen LogP contribution in [0.3, 0.4) is 0 Å². The van der Waals surface area contributed by atoms with E-state index in [1.807, 2.05) is 0 Å². The number of sulfonamides is 1. The highest BCUT2D eigenvalue weighted by Gasteiger charge is 2.23. The van der Waals surface area contributed by atoms with Crippen molar-refractivity contribution in [3.05, 3.63) is 0 Å². The quantitative estimate of drug-likeness (QED) is 0.734. The Morgan fingerprint density at radius 1 is 1.46 bits per heavy atom. The summed E-state index contributed by atoms with van der Waals surface area (Å²) in [7, 11) is -3.02. The van der Waals surface area contributed by atoms with E-state index in [4.69, 9.17) is 11.6 Å². The molecule has 1 aliphatic carbocycles. The predicted molar refractivity (Wildman–Crippen MR) is 54.4 cm³/mol. The molecular weight excluding hydrogens is 210 g/mol. The molecule has 0 aliphatic heterocycles. The van der Waals surface area contributed by atoms with Crippen molar-refractivity contribution < 1.29 is 8.42 Å². The van der Waals surface area contributed by atoms with Gasteiger partial charge in [0.25, 0.3) is 0 Å². The fourth-order valence-electron chi connectivity index (χ4n) is 1.55. The van der Waals surface area contributed by atoms with Crippen LogP contribution in [0.2, 0.25) is 0 Å². The van der Waals surface area contributed by atoms with E-state index in [1.54, 1.807) is 6.92 Å². The van der Waals surface area contributed by atoms with E-state index in [1.165, 1.54) is 0 Å². The third kappa shape index (κ3) is 3.83. The highest BCUT2D eigenvalue weighted by molar-refractivity contribution is 7.89. The Balaban J connectivity index is 2.27. The topological polar surface area (TPSA) is 46.2 Å². The molecule has 0 aromatic heterocycles. The van der Waals surface area contributed by atoms with Crippen LogP contribution in [0.25, 0.3) is 0 Å². The number of alkyl halides is 1. The third-order valence-electron chi connectivity index (χ3n) is 2.45. The van der Waals surface area contributed by atoms with Crippen molar-refractivity contribution in [2.45, 2.75) is 31.6 Å². The van der Waals surface area contributed by atoms with Crippen LogP contribution in [0.4, 0.5) is 0 Å². The van der Waals surface area contributed by atoms with Gasteiger partial charge in [0.15, 0.2) is 0 Å². The van der Waals surface area contributed by atoms with Crippen LogP contribution in [0.1, 0.15) is 26.2 Å². The first kappa shape index (κ1) is 11.3. The average Bonchev–Trinajstić information content (AvgIpc) is 2.48. The second-order valence-corrected chi connectivity index (χ2v) is 6.24. The fourth-order valence-corrected chi connectivity index (χ4v) is 2.62. The van der Waals surface area contributed by atoms with Gasteiger partial charge < -0.3 is 0 Å². The van der Waals surface area contributed by atoms with Gasteiger partial charge in [-0.15, -0.1) is 11.6 Å². The first-order chi connectivity index (χ1) is 6.03. The smallest absolute Gasteiger partial charge is 0.211 e. The van der Waals surface area contributed by atoms with Gasteiger partial charge in [0.05, 0.1) is 5.75 Å². The van der Waals surface area contributed by atoms with Crippen LogP contribution in [0, 0.1) is 5.92 Å². The molecule has 1 saturated carbocycles. The van der Waals surface area contributed by atoms with E-state index >= 15 is 0 Å². The lowest BCUT2D eigenvalue weighted by Crippen LogP contribution is -2.29. The maximum absolute atomic E-state index is 11.1. The fraction of sp³-hybridized carbons (Fsp3) is 1.00. The molecule has 5 heteroatoms. The van der Waals surface area contributed by atoms with Gasteiger partial charge in [-0.25, -0.2) is 13.1 Å². The third-order valence-corrected chi connectivity index (χ3v) is 4.21. The van der Waals surface area contributed by atoms with Gasteiger partial charge in [-0.1, -0.05) is 0 Å². The van der Waals surface area contributed by atoms with Crippen LogP contribution in [0.5, 0.6) is 0 Å². The highest BCUT2D eigenvalue weighted by Crippen LogP contribution is 2.28. The molecule has 0 spiro atoms. The molecule has 0 aromatic carbocycles. The zero-order valence-corrected chi connectivity index (χ0v) is 9.37. The SMILES string of the molecule is CCS(=O)(=O)NCC1CCC(Cl)C1. The molecule has 0 saturated heterocycles. The molecule has 1 N–H and O–H groups in total. The monoisotopic (exact) mass is 225 g/mol. The highest BCUT2D eigenvalue weighted by atomic mass is 35.5. The van der Waals surface area contributed by atoms with Gasteiger partial charge in [0.1, 0.15) is 0 Å². The van der Waals surface area contributed by atoms with Crippen molar-refractivity contribution >= 4 is 21.6 Å². The van der Waals surface area contributed by atoms with Gasteiger partial charge in [0.2, 0.25) is 10.0 Å². The van der Waals surface area contributed by atoms with E-state index in [9.17, 15) is 8.42 Å². The predicted octanol–water partition coefficient (Wildman–Crippen LogP) is 1.33. The summed E-state index contributed by atoms with van der Waals surface area (Å²) < 4.78 is 24.8. The summed E-state index contributed by atoms with van der Waals surface area (Å²) >= 11 is 5.91. The summed E-state index contributed by atoms with van der Waals surface area (Å²) in [6.07, 6.45) is 2.99. The number of hydrogen-bond acceptors (Lipinski definition) is 2. The molecular formula is C8H16ClNO2S. The Hall–Kier alpha value is 0.200. The largest absolute Gasteiger partial charge is 0.215 e. The van der Waals surface area contributed by atoms with Crippen molar-refractivity contribution in [3.63, 3.8) is 0 Å². The van der Waals surface area contributed by atoms with Crippen molar-refractivity contribution in [2.24, 2.45) is 5.92 Å². The minimum Gasteiger partial charge on any atom is -0.215 e. The Labute approximate surface area is 84.9 Å². The molecule has 78 valence electrons. The van der Waals surface area contributed by atoms with E-state index in [0.29, 0.717) is 12.5 Å². The molecule has 2 atom stereocenters. The van der Waals surface area contributed by atoms with Crippen LogP contribution >= 0.6 is 11.6 Å². The zero-order valence-electron chi connectivity index (χ0n) is 7.79. The van der Waals surface area contributed by atoms with Crippen molar-refractivity contribution in [2.75, 3.05) is 12.3 Å². The van der Waals surface area contributed by atoms with E-state index < -0.39 is 10.0 Å². The molecule has 0 bridgehead atoms. The average molecular weight is 226 g/mol. The van der Waals surface area contributed by atoms with Crippen molar-refractivity contribution in [1.29, 1.82) is 0 Å². The number of nitrogens with one attached hydrogen (secondary N) is 1. The normalized spacial score (nSPS) is 29.4. The van der Waals surface area contributed by atoms with Crippen LogP contribution in [-0.4, -0.2) is 26.1 Å². The van der Waals surface area contributed by atoms with Crippen molar-refractivity contribution in [3.8, 4) is 0 Å². The zero-order chi connectivity index (χ0) is 9.90.